The van der Waals surface area contributed by atoms with Gasteiger partial charge in [-0.05, 0) is 107 Å². The number of hydrogen-bond donors (Lipinski definition) is 3. The number of carbonyl (C=O) groups excluding carboxylic acids is 5. The highest BCUT2D eigenvalue weighted by molar-refractivity contribution is 7.44. The largest absolute Gasteiger partial charge is 0.497 e. The number of amides is 2. The van der Waals surface area contributed by atoms with Crippen LogP contribution >= 0.6 is 8.53 Å². The number of hydrogen-bond acceptors (Lipinski definition) is 20. The van der Waals surface area contributed by atoms with E-state index in [1.165, 1.54) is 30.7 Å². The van der Waals surface area contributed by atoms with Crippen molar-refractivity contribution in [3.05, 3.63) is 141 Å². The van der Waals surface area contributed by atoms with Crippen molar-refractivity contribution in [2.24, 2.45) is 5.92 Å². The Kier molecular flexibility index (Phi) is 28.6. The lowest BCUT2D eigenvalue weighted by atomic mass is 9.80. The van der Waals surface area contributed by atoms with E-state index in [0.717, 1.165) is 37.0 Å². The van der Waals surface area contributed by atoms with Crippen molar-refractivity contribution in [3.63, 3.8) is 0 Å². The van der Waals surface area contributed by atoms with E-state index in [-0.39, 0.29) is 57.3 Å². The summed E-state index contributed by atoms with van der Waals surface area (Å²) < 4.78 is 71.2. The fourth-order valence-electron chi connectivity index (χ4n) is 11.0. The second-order valence-electron chi connectivity index (χ2n) is 22.3. The lowest BCUT2D eigenvalue weighted by Gasteiger charge is -2.44. The Morgan fingerprint density at radius 2 is 1.37 bits per heavy atom. The number of nitrogens with zero attached hydrogens (tertiary/aromatic N) is 3. The highest BCUT2D eigenvalue weighted by Crippen LogP contribution is 2.53. The molecule has 1 aromatic heterocycles. The lowest BCUT2D eigenvalue weighted by Crippen LogP contribution is -2.66. The van der Waals surface area contributed by atoms with Gasteiger partial charge < -0.3 is 62.3 Å². The molecule has 2 aliphatic heterocycles. The Morgan fingerprint density at radius 1 is 0.744 bits per heavy atom. The van der Waals surface area contributed by atoms with Crippen LogP contribution in [0.25, 0.3) is 0 Å². The number of H-pyrrole nitrogens is 1. The normalized spacial score (nSPS) is 21.2. The van der Waals surface area contributed by atoms with Gasteiger partial charge in [-0.25, -0.2) is 9.46 Å². The molecule has 3 aromatic carbocycles. The monoisotopic (exact) mass is 1270 g/mol. The number of nitriles is 1. The van der Waals surface area contributed by atoms with Crippen molar-refractivity contribution >= 4 is 38.2 Å². The van der Waals surface area contributed by atoms with E-state index in [2.05, 4.69) is 26.4 Å². The summed E-state index contributed by atoms with van der Waals surface area (Å²) in [6.45, 7) is 13.1. The fourth-order valence-corrected chi connectivity index (χ4v) is 12.8. The highest BCUT2D eigenvalue weighted by atomic mass is 31.2. The number of allylic oxidation sites excluding steroid dienone is 2. The van der Waals surface area contributed by atoms with Gasteiger partial charge in [0, 0.05) is 77.5 Å². The number of aromatic amines is 1. The third kappa shape index (κ3) is 20.3. The minimum absolute atomic E-state index is 0.0482. The molecule has 0 saturated carbocycles. The van der Waals surface area contributed by atoms with Crippen molar-refractivity contribution in [1.82, 2.24) is 24.9 Å². The topological polar surface area (TPSA) is 293 Å². The SMILES string of the molecule is COc1ccc(C(OC[C@H]2O[C@@H](n3ccc(=O)[nH]c3=O)[C@H](C/C=C/CCCCNC(=O)CCCCO[C@@H]3O[C@H](COC(C)=O)[C@H](OC(C)=O)[C@H](OC(C)=O)[C@H]3NC(C)=O)[C@@H]2OP(OCCC#N)N(C(C)C)C(C)C)(c2ccccc2)c2ccc(OC)cc2)cc1. The van der Waals surface area contributed by atoms with E-state index >= 15 is 0 Å². The average molecular weight is 1270 g/mol. The molecule has 2 amide bonds. The van der Waals surface area contributed by atoms with Gasteiger partial charge >= 0.3 is 23.6 Å². The number of ether oxygens (including phenoxy) is 9. The lowest BCUT2D eigenvalue weighted by molar-refractivity contribution is -0.277. The zero-order valence-corrected chi connectivity index (χ0v) is 53.9. The Hall–Kier alpha value is -7.33. The molecule has 24 nitrogen and oxygen atoms in total. The van der Waals surface area contributed by atoms with Gasteiger partial charge in [0.15, 0.2) is 18.5 Å². The zero-order chi connectivity index (χ0) is 65.3. The molecule has 2 fully saturated rings. The molecule has 0 radical (unpaired) electrons. The number of methoxy groups -OCH3 is 2. The van der Waals surface area contributed by atoms with Crippen LogP contribution in [0.15, 0.2) is 113 Å². The maximum absolute atomic E-state index is 13.8. The maximum atomic E-state index is 13.8. The molecular formula is C65H87N6O18P. The van der Waals surface area contributed by atoms with Gasteiger partial charge in [-0.15, -0.1) is 0 Å². The van der Waals surface area contributed by atoms with Crippen molar-refractivity contribution < 1.29 is 75.7 Å². The first-order valence-corrected chi connectivity index (χ1v) is 31.5. The van der Waals surface area contributed by atoms with Crippen LogP contribution < -0.4 is 31.4 Å². The van der Waals surface area contributed by atoms with Gasteiger partial charge in [0.2, 0.25) is 11.8 Å². The molecule has 4 aromatic rings. The first kappa shape index (κ1) is 71.7. The zero-order valence-electron chi connectivity index (χ0n) is 53.0. The summed E-state index contributed by atoms with van der Waals surface area (Å²) in [5.74, 6) is -2.01. The predicted molar refractivity (Wildman–Crippen MR) is 332 cm³/mol. The molecule has 3 N–H and O–H groups in total. The van der Waals surface area contributed by atoms with Crippen LogP contribution in [0, 0.1) is 17.2 Å². The number of esters is 3. The van der Waals surface area contributed by atoms with Crippen LogP contribution in [-0.2, 0) is 71.8 Å². The molecule has 0 spiro atoms. The number of carbonyl (C=O) groups is 5. The number of nitrogens with one attached hydrogen (secondary N) is 3. The summed E-state index contributed by atoms with van der Waals surface area (Å²) in [4.78, 5) is 90.2. The van der Waals surface area contributed by atoms with Crippen LogP contribution in [0.3, 0.4) is 0 Å². The van der Waals surface area contributed by atoms with Gasteiger partial charge in [0.1, 0.15) is 54.3 Å². The van der Waals surface area contributed by atoms with Crippen LogP contribution in [0.1, 0.15) is 130 Å². The summed E-state index contributed by atoms with van der Waals surface area (Å²) in [5.41, 5.74) is -0.109. The molecule has 0 aliphatic carbocycles. The van der Waals surface area contributed by atoms with Gasteiger partial charge in [-0.3, -0.25) is 38.3 Å². The molecule has 0 bridgehead atoms. The molecule has 2 aliphatic rings. The van der Waals surface area contributed by atoms with Crippen LogP contribution in [0.4, 0.5) is 0 Å². The molecule has 490 valence electrons. The Labute approximate surface area is 527 Å². The summed E-state index contributed by atoms with van der Waals surface area (Å²) in [5, 5.41) is 15.3. The third-order valence-electron chi connectivity index (χ3n) is 15.0. The number of aromatic nitrogens is 2. The summed E-state index contributed by atoms with van der Waals surface area (Å²) >= 11 is 0. The van der Waals surface area contributed by atoms with Crippen LogP contribution in [0.5, 0.6) is 11.5 Å². The van der Waals surface area contributed by atoms with E-state index in [1.54, 1.807) is 14.2 Å². The first-order chi connectivity index (χ1) is 43.2. The molecule has 10 atom stereocenters. The standard InChI is InChI=1S/C65H87N6O18P/c1-42(2)71(43(3)4)90(84-39-21-35-66)89-59-53(24-17-12-11-13-19-36-67-56(76)25-18-20-38-81-63-58(68-44(5)72)61(86-47(8)75)60(85-46(7)74)54(88-63)40-82-45(6)73)62(70-37-34-57(77)69-64(70)78)87-55(59)41-83-65(48-22-15-14-16-23-48,49-26-30-51(79-9)31-27-49)50-28-32-52(80-10)33-29-50/h12,14-17,22-23,26-34,37,42-43,53-55,58-63H,11,13,18-21,24-25,36,38-41H2,1-10H3,(H,67,76)(H,68,72)(H,69,77,78)/b17-12+/t53-,54-,55-,58-,59+,60+,61-,62-,63-,90?/m1/s1. The van der Waals surface area contributed by atoms with Gasteiger partial charge in [-0.2, -0.15) is 5.26 Å². The summed E-state index contributed by atoms with van der Waals surface area (Å²) in [6, 6.07) is 27.4. The molecule has 6 rings (SSSR count). The van der Waals surface area contributed by atoms with E-state index in [0.29, 0.717) is 50.1 Å². The van der Waals surface area contributed by atoms with Crippen molar-refractivity contribution in [3.8, 4) is 17.6 Å². The fraction of sp³-hybridized carbons (Fsp3) is 0.538. The Bertz CT molecular complexity index is 3060. The average Bonchev–Trinajstić information content (AvgIpc) is 1.08. The minimum atomic E-state index is -1.87. The molecule has 1 unspecified atom stereocenters. The van der Waals surface area contributed by atoms with E-state index < -0.39 is 104 Å². The molecule has 90 heavy (non-hydrogen) atoms. The van der Waals surface area contributed by atoms with Crippen molar-refractivity contribution in [1.29, 1.82) is 5.26 Å². The first-order valence-electron chi connectivity index (χ1n) is 30.3. The molecule has 2 saturated heterocycles. The minimum Gasteiger partial charge on any atom is -0.497 e. The second kappa shape index (κ2) is 35.9. The van der Waals surface area contributed by atoms with E-state index in [4.69, 9.17) is 51.7 Å². The smallest absolute Gasteiger partial charge is 0.330 e. The maximum Gasteiger partial charge on any atom is 0.330 e. The highest BCUT2D eigenvalue weighted by Gasteiger charge is 2.52. The summed E-state index contributed by atoms with van der Waals surface area (Å²) in [6.07, 6.45) is 1.55. The van der Waals surface area contributed by atoms with Crippen LogP contribution in [0.2, 0.25) is 0 Å². The van der Waals surface area contributed by atoms with Crippen molar-refractivity contribution in [2.75, 3.05) is 47.2 Å². The predicted octanol–water partition coefficient (Wildman–Crippen LogP) is 7.81. The quantitative estimate of drug-likeness (QED) is 0.00988. The molecule has 3 heterocycles. The van der Waals surface area contributed by atoms with Gasteiger partial charge in [-0.1, -0.05) is 66.7 Å². The Morgan fingerprint density at radius 3 is 1.94 bits per heavy atom. The number of unbranched alkanes of at least 4 members (excludes halogenated alkanes) is 3. The Balaban J connectivity index is 1.17. The summed E-state index contributed by atoms with van der Waals surface area (Å²) in [7, 11) is 1.34. The van der Waals surface area contributed by atoms with E-state index in [9.17, 15) is 38.8 Å². The number of benzene rings is 3. The second-order valence-corrected chi connectivity index (χ2v) is 23.7. The van der Waals surface area contributed by atoms with Gasteiger partial charge in [0.05, 0.1) is 39.9 Å². The molecular weight excluding hydrogens is 1180 g/mol. The van der Waals surface area contributed by atoms with Crippen molar-refractivity contribution in [2.45, 2.75) is 174 Å². The molecule has 25 heteroatoms. The third-order valence-corrected chi connectivity index (χ3v) is 17.1. The number of rotatable bonds is 35. The van der Waals surface area contributed by atoms with Crippen LogP contribution in [-0.4, -0.2) is 146 Å². The van der Waals surface area contributed by atoms with E-state index in [1.807, 2.05) is 119 Å². The van der Waals surface area contributed by atoms with Gasteiger partial charge in [0.25, 0.3) is 14.1 Å².